The van der Waals surface area contributed by atoms with Crippen molar-refractivity contribution in [3.63, 3.8) is 0 Å². The molecule has 3 aromatic rings. The van der Waals surface area contributed by atoms with Crippen molar-refractivity contribution in [1.82, 2.24) is 25.2 Å². The molecule has 24 heavy (non-hydrogen) atoms. The summed E-state index contributed by atoms with van der Waals surface area (Å²) in [6.45, 7) is 1.85. The van der Waals surface area contributed by atoms with Gasteiger partial charge < -0.3 is 15.6 Å². The predicted molar refractivity (Wildman–Crippen MR) is 89.4 cm³/mol. The smallest absolute Gasteiger partial charge is 0.231 e. The van der Waals surface area contributed by atoms with Gasteiger partial charge in [0.05, 0.1) is 18.1 Å². The van der Waals surface area contributed by atoms with Gasteiger partial charge in [0, 0.05) is 18.0 Å². The molecule has 0 aliphatic carbocycles. The van der Waals surface area contributed by atoms with Gasteiger partial charge in [0.2, 0.25) is 11.1 Å². The molecule has 0 fully saturated rings. The van der Waals surface area contributed by atoms with Crippen LogP contribution >= 0.6 is 11.8 Å². The minimum atomic E-state index is -0.199. The first kappa shape index (κ1) is 16.1. The van der Waals surface area contributed by atoms with Crippen LogP contribution in [0.3, 0.4) is 0 Å². The number of nitrogen functional groups attached to an aromatic ring is 1. The number of furan rings is 1. The number of hydrogen-bond acceptors (Lipinski definition) is 7. The zero-order valence-corrected chi connectivity index (χ0v) is 13.7. The molecule has 0 unspecified atom stereocenters. The van der Waals surface area contributed by atoms with Crippen molar-refractivity contribution in [1.29, 1.82) is 0 Å². The molecule has 124 valence electrons. The van der Waals surface area contributed by atoms with Crippen LogP contribution in [0.2, 0.25) is 0 Å². The summed E-state index contributed by atoms with van der Waals surface area (Å²) < 4.78 is 6.61. The lowest BCUT2D eigenvalue weighted by atomic mass is 10.2. The third-order valence-electron chi connectivity index (χ3n) is 3.26. The Morgan fingerprint density at radius 3 is 3.00 bits per heavy atom. The fraction of sp³-hybridized carbons (Fsp3) is 0.200. The van der Waals surface area contributed by atoms with Gasteiger partial charge in [0.1, 0.15) is 5.76 Å². The molecule has 0 spiro atoms. The molecule has 3 aromatic heterocycles. The van der Waals surface area contributed by atoms with E-state index in [0.717, 1.165) is 5.56 Å². The van der Waals surface area contributed by atoms with Crippen LogP contribution in [0.25, 0.3) is 11.4 Å². The second kappa shape index (κ2) is 7.18. The van der Waals surface area contributed by atoms with E-state index in [1.165, 1.54) is 16.4 Å². The van der Waals surface area contributed by atoms with Gasteiger partial charge in [-0.05, 0) is 31.2 Å². The van der Waals surface area contributed by atoms with Crippen molar-refractivity contribution < 1.29 is 9.21 Å². The number of pyridine rings is 1. The number of nitrogens with zero attached hydrogens (tertiary/aromatic N) is 4. The molecule has 0 radical (unpaired) electrons. The first-order valence-electron chi connectivity index (χ1n) is 7.21. The minimum Gasteiger partial charge on any atom is -0.467 e. The lowest BCUT2D eigenvalue weighted by Gasteiger charge is -2.10. The van der Waals surface area contributed by atoms with E-state index in [-0.39, 0.29) is 17.7 Å². The highest BCUT2D eigenvalue weighted by molar-refractivity contribution is 7.99. The van der Waals surface area contributed by atoms with Gasteiger partial charge in [-0.25, -0.2) is 4.68 Å². The highest BCUT2D eigenvalue weighted by Gasteiger charge is 2.16. The number of carbonyl (C=O) groups is 1. The van der Waals surface area contributed by atoms with Gasteiger partial charge in [-0.15, -0.1) is 10.2 Å². The second-order valence-corrected chi connectivity index (χ2v) is 5.95. The Labute approximate surface area is 142 Å². The summed E-state index contributed by atoms with van der Waals surface area (Å²) in [6.07, 6.45) is 4.89. The quantitative estimate of drug-likeness (QED) is 0.516. The molecule has 0 bridgehead atoms. The fourth-order valence-corrected chi connectivity index (χ4v) is 2.76. The first-order valence-corrected chi connectivity index (χ1v) is 8.20. The number of amides is 1. The molecule has 3 N–H and O–H groups in total. The molecule has 3 rings (SSSR count). The number of aromatic nitrogens is 4. The zero-order valence-electron chi connectivity index (χ0n) is 12.9. The van der Waals surface area contributed by atoms with Crippen LogP contribution in [0.15, 0.2) is 52.5 Å². The molecular formula is C15H16N6O2S. The van der Waals surface area contributed by atoms with Gasteiger partial charge in [0.15, 0.2) is 5.82 Å². The van der Waals surface area contributed by atoms with E-state index in [0.29, 0.717) is 16.7 Å². The molecule has 8 nitrogen and oxygen atoms in total. The van der Waals surface area contributed by atoms with Gasteiger partial charge in [-0.1, -0.05) is 11.8 Å². The summed E-state index contributed by atoms with van der Waals surface area (Å²) in [7, 11) is 0. The average molecular weight is 344 g/mol. The van der Waals surface area contributed by atoms with E-state index >= 15 is 0 Å². The number of thioether (sulfide) groups is 1. The van der Waals surface area contributed by atoms with E-state index in [4.69, 9.17) is 10.3 Å². The van der Waals surface area contributed by atoms with E-state index in [1.54, 1.807) is 30.8 Å². The molecule has 1 atom stereocenters. The van der Waals surface area contributed by atoms with Gasteiger partial charge in [-0.3, -0.25) is 9.78 Å². The van der Waals surface area contributed by atoms with Crippen molar-refractivity contribution in [3.05, 3.63) is 48.7 Å². The van der Waals surface area contributed by atoms with Crippen molar-refractivity contribution in [2.75, 3.05) is 11.6 Å². The maximum Gasteiger partial charge on any atom is 0.231 e. The molecule has 0 aliphatic rings. The summed E-state index contributed by atoms with van der Waals surface area (Å²) >= 11 is 1.21. The van der Waals surface area contributed by atoms with Crippen molar-refractivity contribution in [2.45, 2.75) is 18.1 Å². The first-order chi connectivity index (χ1) is 11.6. The van der Waals surface area contributed by atoms with Gasteiger partial charge in [-0.2, -0.15) is 0 Å². The number of carbonyl (C=O) groups excluding carboxylic acids is 1. The lowest BCUT2D eigenvalue weighted by molar-refractivity contribution is -0.119. The third-order valence-corrected chi connectivity index (χ3v) is 4.21. The number of nitrogens with two attached hydrogens (primary N) is 1. The zero-order chi connectivity index (χ0) is 16.9. The van der Waals surface area contributed by atoms with Crippen LogP contribution in [-0.2, 0) is 4.79 Å². The third kappa shape index (κ3) is 3.57. The number of nitrogens with one attached hydrogen (secondary N) is 1. The maximum absolute atomic E-state index is 12.0. The molecule has 9 heteroatoms. The SMILES string of the molecule is C[C@H](NC(=O)CSc1nnc(-c2cccnc2)n1N)c1ccco1. The van der Waals surface area contributed by atoms with Crippen molar-refractivity contribution in [2.24, 2.45) is 0 Å². The highest BCUT2D eigenvalue weighted by Crippen LogP contribution is 2.21. The molecule has 1 amide bonds. The lowest BCUT2D eigenvalue weighted by Crippen LogP contribution is -2.28. The number of hydrogen-bond donors (Lipinski definition) is 2. The van der Waals surface area contributed by atoms with Crippen molar-refractivity contribution in [3.8, 4) is 11.4 Å². The Hall–Kier alpha value is -2.81. The average Bonchev–Trinajstić information content (AvgIpc) is 3.24. The van der Waals surface area contributed by atoms with E-state index in [1.807, 2.05) is 19.1 Å². The van der Waals surface area contributed by atoms with Crippen molar-refractivity contribution >= 4 is 17.7 Å². The summed E-state index contributed by atoms with van der Waals surface area (Å²) in [5, 5.41) is 11.4. The normalized spacial score (nSPS) is 12.0. The molecular weight excluding hydrogens is 328 g/mol. The number of rotatable bonds is 6. The summed E-state index contributed by atoms with van der Waals surface area (Å²) in [6, 6.07) is 7.03. The van der Waals surface area contributed by atoms with E-state index in [9.17, 15) is 4.79 Å². The molecule has 0 aromatic carbocycles. The standard InChI is InChI=1S/C15H16N6O2S/c1-10(12-5-3-7-23-12)18-13(22)9-24-15-20-19-14(21(15)16)11-4-2-6-17-8-11/h2-8,10H,9,16H2,1H3,(H,18,22)/t10-/m0/s1. The largest absolute Gasteiger partial charge is 0.467 e. The Bertz CT molecular complexity index is 803. The Balaban J connectivity index is 1.59. The minimum absolute atomic E-state index is 0.144. The van der Waals surface area contributed by atoms with Crippen LogP contribution in [0, 0.1) is 0 Å². The molecule has 0 saturated heterocycles. The van der Waals surface area contributed by atoms with E-state index in [2.05, 4.69) is 20.5 Å². The summed E-state index contributed by atoms with van der Waals surface area (Å²) in [5.41, 5.74) is 0.759. The summed E-state index contributed by atoms with van der Waals surface area (Å²) in [4.78, 5) is 16.1. The van der Waals surface area contributed by atoms with Gasteiger partial charge in [0.25, 0.3) is 0 Å². The van der Waals surface area contributed by atoms with Gasteiger partial charge >= 0.3 is 0 Å². The van der Waals surface area contributed by atoms with Crippen LogP contribution in [0.5, 0.6) is 0 Å². The van der Waals surface area contributed by atoms with E-state index < -0.39 is 0 Å². The molecule has 0 saturated carbocycles. The topological polar surface area (TPSA) is 112 Å². The Morgan fingerprint density at radius 2 is 2.29 bits per heavy atom. The van der Waals surface area contributed by atoms with Crippen LogP contribution in [0.1, 0.15) is 18.7 Å². The Morgan fingerprint density at radius 1 is 1.42 bits per heavy atom. The second-order valence-electron chi connectivity index (χ2n) is 5.01. The Kier molecular flexibility index (Phi) is 4.80. The highest BCUT2D eigenvalue weighted by atomic mass is 32.2. The summed E-state index contributed by atoms with van der Waals surface area (Å²) in [5.74, 6) is 7.22. The fourth-order valence-electron chi connectivity index (χ4n) is 2.09. The maximum atomic E-state index is 12.0. The van der Waals surface area contributed by atoms with Crippen LogP contribution in [0.4, 0.5) is 0 Å². The monoisotopic (exact) mass is 344 g/mol. The predicted octanol–water partition coefficient (Wildman–Crippen LogP) is 1.62. The molecule has 0 aliphatic heterocycles. The van der Waals surface area contributed by atoms with Crippen LogP contribution < -0.4 is 11.2 Å². The van der Waals surface area contributed by atoms with Crippen LogP contribution in [-0.4, -0.2) is 31.5 Å². The molecule has 3 heterocycles.